The largest absolute Gasteiger partial charge is 0.513 e. The van der Waals surface area contributed by atoms with Gasteiger partial charge in [0.15, 0.2) is 0 Å². The number of hydrogen-bond donors (Lipinski definition) is 1. The predicted molar refractivity (Wildman–Crippen MR) is 85.9 cm³/mol. The van der Waals surface area contributed by atoms with Crippen LogP contribution in [0.2, 0.25) is 5.02 Å². The molecule has 5 nitrogen and oxygen atoms in total. The molecule has 0 aliphatic rings. The van der Waals surface area contributed by atoms with Gasteiger partial charge in [-0.25, -0.2) is 9.18 Å². The van der Waals surface area contributed by atoms with Crippen molar-refractivity contribution in [3.63, 3.8) is 0 Å². The molecule has 0 radical (unpaired) electrons. The Bertz CT molecular complexity index is 748. The number of benzene rings is 2. The lowest BCUT2D eigenvalue weighted by Gasteiger charge is -2.15. The van der Waals surface area contributed by atoms with Gasteiger partial charge in [0.25, 0.3) is 0 Å². The molecule has 0 amide bonds. The number of rotatable bonds is 5. The van der Waals surface area contributed by atoms with Gasteiger partial charge < -0.3 is 19.3 Å². The third kappa shape index (κ3) is 4.15. The number of aryl methyl sites for hydroxylation is 1. The first-order chi connectivity index (χ1) is 11.5. The molecule has 0 unspecified atom stereocenters. The molecular formula is C17H16ClFO5. The van der Waals surface area contributed by atoms with Crippen molar-refractivity contribution in [3.8, 4) is 11.5 Å². The molecule has 1 N–H and O–H groups in total. The topological polar surface area (TPSA) is 65.0 Å². The van der Waals surface area contributed by atoms with Gasteiger partial charge in [0.1, 0.15) is 23.9 Å². The van der Waals surface area contributed by atoms with Gasteiger partial charge in [0.05, 0.1) is 18.7 Å². The number of hydrogen-bond acceptors (Lipinski definition) is 5. The zero-order chi connectivity index (χ0) is 17.7. The molecule has 24 heavy (non-hydrogen) atoms. The fourth-order valence-corrected chi connectivity index (χ4v) is 2.31. The number of carbonyl (C=O) groups excluding carboxylic acids is 1. The van der Waals surface area contributed by atoms with Crippen molar-refractivity contribution in [2.45, 2.75) is 20.1 Å². The third-order valence-electron chi connectivity index (χ3n) is 3.35. The molecule has 0 fully saturated rings. The van der Waals surface area contributed by atoms with Crippen LogP contribution in [0.25, 0.3) is 0 Å². The quantitative estimate of drug-likeness (QED) is 0.649. The lowest BCUT2D eigenvalue weighted by molar-refractivity contribution is 0.120. The number of aliphatic hydroxyl groups excluding tert-OH is 1. The van der Waals surface area contributed by atoms with E-state index in [0.717, 1.165) is 0 Å². The van der Waals surface area contributed by atoms with Crippen molar-refractivity contribution in [1.82, 2.24) is 0 Å². The molecule has 128 valence electrons. The minimum absolute atomic E-state index is 0.0781. The van der Waals surface area contributed by atoms with Gasteiger partial charge >= 0.3 is 6.16 Å². The highest BCUT2D eigenvalue weighted by Crippen LogP contribution is 2.30. The summed E-state index contributed by atoms with van der Waals surface area (Å²) in [6, 6.07) is 7.44. The Labute approximate surface area is 143 Å². The van der Waals surface area contributed by atoms with E-state index in [-0.39, 0.29) is 29.7 Å². The summed E-state index contributed by atoms with van der Waals surface area (Å²) in [5.41, 5.74) is 1.33. The molecule has 7 heteroatoms. The van der Waals surface area contributed by atoms with Gasteiger partial charge in [0, 0.05) is 11.6 Å². The second kappa shape index (κ2) is 7.99. The van der Waals surface area contributed by atoms with Crippen LogP contribution in [0.1, 0.15) is 16.7 Å². The van der Waals surface area contributed by atoms with Crippen molar-refractivity contribution in [3.05, 3.63) is 57.9 Å². The summed E-state index contributed by atoms with van der Waals surface area (Å²) in [6.07, 6.45) is -0.897. The SMILES string of the molecule is COC(=O)Oc1cccc(CO)c1COc1cc(F)c(C)cc1Cl. The number of carbonyl (C=O) groups is 1. The minimum atomic E-state index is -0.897. The molecule has 2 rings (SSSR count). The van der Waals surface area contributed by atoms with Crippen LogP contribution in [0.3, 0.4) is 0 Å². The summed E-state index contributed by atoms with van der Waals surface area (Å²) in [7, 11) is 1.18. The summed E-state index contributed by atoms with van der Waals surface area (Å²) >= 11 is 6.04. The highest BCUT2D eigenvalue weighted by molar-refractivity contribution is 6.32. The third-order valence-corrected chi connectivity index (χ3v) is 3.64. The molecule has 2 aromatic rings. The van der Waals surface area contributed by atoms with E-state index < -0.39 is 12.0 Å². The molecule has 0 aliphatic carbocycles. The van der Waals surface area contributed by atoms with Crippen LogP contribution in [-0.2, 0) is 18.0 Å². The van der Waals surface area contributed by atoms with Crippen molar-refractivity contribution in [2.75, 3.05) is 7.11 Å². The van der Waals surface area contributed by atoms with Gasteiger partial charge in [-0.05, 0) is 30.2 Å². The van der Waals surface area contributed by atoms with Gasteiger partial charge in [-0.2, -0.15) is 0 Å². The molecule has 0 atom stereocenters. The first-order valence-electron chi connectivity index (χ1n) is 7.02. The summed E-state index contributed by atoms with van der Waals surface area (Å²) in [5.74, 6) is -0.121. The Morgan fingerprint density at radius 3 is 2.71 bits per heavy atom. The molecular weight excluding hydrogens is 339 g/mol. The van der Waals surface area contributed by atoms with Crippen LogP contribution >= 0.6 is 11.6 Å². The standard InChI is InChI=1S/C17H16ClFO5/c1-10-6-13(18)16(7-14(10)19)23-9-12-11(8-20)4-3-5-15(12)24-17(21)22-2/h3-7,20H,8-9H2,1-2H3. The van der Waals surface area contributed by atoms with Crippen LogP contribution < -0.4 is 9.47 Å². The van der Waals surface area contributed by atoms with E-state index in [1.165, 1.54) is 25.3 Å². The number of ether oxygens (including phenoxy) is 3. The number of halogens is 2. The Morgan fingerprint density at radius 1 is 1.29 bits per heavy atom. The lowest BCUT2D eigenvalue weighted by atomic mass is 10.1. The van der Waals surface area contributed by atoms with Crippen molar-refractivity contribution >= 4 is 17.8 Å². The van der Waals surface area contributed by atoms with Crippen LogP contribution in [0.15, 0.2) is 30.3 Å². The normalized spacial score (nSPS) is 10.4. The van der Waals surface area contributed by atoms with Crippen molar-refractivity contribution in [2.24, 2.45) is 0 Å². The molecule has 0 aliphatic heterocycles. The van der Waals surface area contributed by atoms with E-state index in [2.05, 4.69) is 4.74 Å². The molecule has 0 saturated carbocycles. The van der Waals surface area contributed by atoms with E-state index in [1.54, 1.807) is 19.1 Å². The van der Waals surface area contributed by atoms with Crippen LogP contribution in [-0.4, -0.2) is 18.4 Å². The molecule has 0 heterocycles. The first-order valence-corrected chi connectivity index (χ1v) is 7.40. The summed E-state index contributed by atoms with van der Waals surface area (Å²) in [5, 5.41) is 9.71. The van der Waals surface area contributed by atoms with Gasteiger partial charge in [-0.3, -0.25) is 0 Å². The lowest BCUT2D eigenvalue weighted by Crippen LogP contribution is -2.11. The zero-order valence-corrected chi connectivity index (χ0v) is 13.9. The Kier molecular flexibility index (Phi) is 6.00. The maximum absolute atomic E-state index is 13.7. The fraction of sp³-hybridized carbons (Fsp3) is 0.235. The number of aliphatic hydroxyl groups is 1. The highest BCUT2D eigenvalue weighted by Gasteiger charge is 2.15. The first kappa shape index (κ1) is 18.0. The summed E-state index contributed by atoms with van der Waals surface area (Å²) in [4.78, 5) is 11.3. The van der Waals surface area contributed by atoms with Crippen molar-refractivity contribution < 1.29 is 28.5 Å². The molecule has 0 spiro atoms. The summed E-state index contributed by atoms with van der Waals surface area (Å²) in [6.45, 7) is 1.23. The van der Waals surface area contributed by atoms with E-state index in [1.807, 2.05) is 0 Å². The maximum atomic E-state index is 13.7. The van der Waals surface area contributed by atoms with E-state index in [0.29, 0.717) is 16.7 Å². The Balaban J connectivity index is 2.28. The summed E-state index contributed by atoms with van der Waals surface area (Å²) < 4.78 is 28.7. The maximum Gasteiger partial charge on any atom is 0.513 e. The van der Waals surface area contributed by atoms with E-state index >= 15 is 0 Å². The number of methoxy groups -OCH3 is 1. The molecule has 0 saturated heterocycles. The smallest absolute Gasteiger partial charge is 0.487 e. The highest BCUT2D eigenvalue weighted by atomic mass is 35.5. The van der Waals surface area contributed by atoms with Crippen LogP contribution in [0.5, 0.6) is 11.5 Å². The second-order valence-corrected chi connectivity index (χ2v) is 5.34. The monoisotopic (exact) mass is 354 g/mol. The predicted octanol–water partition coefficient (Wildman–Crippen LogP) is 4.00. The van der Waals surface area contributed by atoms with E-state index in [4.69, 9.17) is 21.1 Å². The second-order valence-electron chi connectivity index (χ2n) is 4.93. The average molecular weight is 355 g/mol. The molecule has 2 aromatic carbocycles. The molecule has 0 bridgehead atoms. The van der Waals surface area contributed by atoms with Crippen LogP contribution in [0.4, 0.5) is 9.18 Å². The van der Waals surface area contributed by atoms with Crippen molar-refractivity contribution in [1.29, 1.82) is 0 Å². The average Bonchev–Trinajstić information content (AvgIpc) is 2.57. The minimum Gasteiger partial charge on any atom is -0.487 e. The zero-order valence-electron chi connectivity index (χ0n) is 13.1. The Morgan fingerprint density at radius 2 is 2.04 bits per heavy atom. The van der Waals surface area contributed by atoms with Gasteiger partial charge in [-0.15, -0.1) is 0 Å². The van der Waals surface area contributed by atoms with Crippen LogP contribution in [0, 0.1) is 12.7 Å². The van der Waals surface area contributed by atoms with Gasteiger partial charge in [0.2, 0.25) is 0 Å². The molecule has 0 aromatic heterocycles. The Hall–Kier alpha value is -2.31. The fourth-order valence-electron chi connectivity index (χ4n) is 2.04. The van der Waals surface area contributed by atoms with Gasteiger partial charge in [-0.1, -0.05) is 23.7 Å². The van der Waals surface area contributed by atoms with E-state index in [9.17, 15) is 14.3 Å².